The van der Waals surface area contributed by atoms with Crippen LogP contribution in [0.1, 0.15) is 51.7 Å². The second-order valence-corrected chi connectivity index (χ2v) is 7.16. The van der Waals surface area contributed by atoms with Crippen LogP contribution in [0.25, 0.3) is 0 Å². The van der Waals surface area contributed by atoms with E-state index in [1.54, 1.807) is 6.92 Å². The van der Waals surface area contributed by atoms with Gasteiger partial charge in [-0.1, -0.05) is 35.8 Å². The van der Waals surface area contributed by atoms with Gasteiger partial charge in [-0.25, -0.2) is 0 Å². The van der Waals surface area contributed by atoms with Gasteiger partial charge in [0.2, 0.25) is 0 Å². The minimum absolute atomic E-state index is 0.423. The first-order valence-corrected chi connectivity index (χ1v) is 8.50. The molecular weight excluding hydrogens is 314 g/mol. The molecule has 1 aliphatic heterocycles. The van der Waals surface area contributed by atoms with Crippen LogP contribution in [0.15, 0.2) is 22.7 Å². The standard InChI is InChI=1S/C17H26BrNO/c1-12(2)14-5-4-9-19(10-8-14)15-6-7-16(13(3)20)17(18)11-15/h6-7,11-14,20H,4-5,8-10H2,1-3H3/t13-,14?/m0/s1. The number of aliphatic hydroxyl groups is 1. The van der Waals surface area contributed by atoms with Crippen molar-refractivity contribution in [1.82, 2.24) is 0 Å². The van der Waals surface area contributed by atoms with Crippen LogP contribution < -0.4 is 4.90 Å². The van der Waals surface area contributed by atoms with E-state index in [0.29, 0.717) is 0 Å². The van der Waals surface area contributed by atoms with Crippen molar-refractivity contribution in [2.24, 2.45) is 11.8 Å². The van der Waals surface area contributed by atoms with E-state index in [0.717, 1.165) is 35.0 Å². The lowest BCUT2D eigenvalue weighted by atomic mass is 9.89. The van der Waals surface area contributed by atoms with Crippen molar-refractivity contribution >= 4 is 21.6 Å². The van der Waals surface area contributed by atoms with Crippen LogP contribution in [0.5, 0.6) is 0 Å². The maximum atomic E-state index is 9.70. The highest BCUT2D eigenvalue weighted by Crippen LogP contribution is 2.31. The molecule has 20 heavy (non-hydrogen) atoms. The second kappa shape index (κ2) is 6.95. The molecule has 0 amide bonds. The summed E-state index contributed by atoms with van der Waals surface area (Å²) in [6.07, 6.45) is 3.49. The Morgan fingerprint density at radius 3 is 2.55 bits per heavy atom. The highest BCUT2D eigenvalue weighted by atomic mass is 79.9. The van der Waals surface area contributed by atoms with E-state index in [9.17, 15) is 5.11 Å². The summed E-state index contributed by atoms with van der Waals surface area (Å²) in [5, 5.41) is 9.70. The van der Waals surface area contributed by atoms with Crippen LogP contribution >= 0.6 is 15.9 Å². The van der Waals surface area contributed by atoms with E-state index in [1.165, 1.54) is 24.9 Å². The number of rotatable bonds is 3. The summed E-state index contributed by atoms with van der Waals surface area (Å²) in [4.78, 5) is 2.49. The molecule has 1 saturated heterocycles. The highest BCUT2D eigenvalue weighted by Gasteiger charge is 2.20. The van der Waals surface area contributed by atoms with Gasteiger partial charge in [-0.3, -0.25) is 0 Å². The minimum atomic E-state index is -0.423. The van der Waals surface area contributed by atoms with Gasteiger partial charge < -0.3 is 10.0 Å². The van der Waals surface area contributed by atoms with Gasteiger partial charge in [-0.05, 0) is 55.7 Å². The first-order chi connectivity index (χ1) is 9.49. The van der Waals surface area contributed by atoms with Crippen LogP contribution in [-0.2, 0) is 0 Å². The fourth-order valence-corrected chi connectivity index (χ4v) is 3.80. The summed E-state index contributed by atoms with van der Waals surface area (Å²) in [7, 11) is 0. The lowest BCUT2D eigenvalue weighted by molar-refractivity contribution is 0.198. The maximum absolute atomic E-state index is 9.70. The summed E-state index contributed by atoms with van der Waals surface area (Å²) >= 11 is 3.58. The van der Waals surface area contributed by atoms with Crippen molar-refractivity contribution in [2.45, 2.75) is 46.1 Å². The molecule has 0 aliphatic carbocycles. The lowest BCUT2D eigenvalue weighted by Crippen LogP contribution is -2.24. The quantitative estimate of drug-likeness (QED) is 0.857. The van der Waals surface area contributed by atoms with Crippen LogP contribution in [0.3, 0.4) is 0 Å². The van der Waals surface area contributed by atoms with Crippen molar-refractivity contribution in [3.63, 3.8) is 0 Å². The molecule has 0 spiro atoms. The summed E-state index contributed by atoms with van der Waals surface area (Å²) in [5.74, 6) is 1.65. The smallest absolute Gasteiger partial charge is 0.0772 e. The minimum Gasteiger partial charge on any atom is -0.389 e. The van der Waals surface area contributed by atoms with E-state index in [1.807, 2.05) is 6.07 Å². The molecule has 0 bridgehead atoms. The summed E-state index contributed by atoms with van der Waals surface area (Å²) in [6.45, 7) is 8.77. The Bertz CT molecular complexity index is 445. The van der Waals surface area contributed by atoms with E-state index in [-0.39, 0.29) is 0 Å². The third-order valence-electron chi connectivity index (χ3n) is 4.51. The third-order valence-corrected chi connectivity index (χ3v) is 5.20. The molecule has 1 aromatic rings. The predicted octanol–water partition coefficient (Wildman–Crippen LogP) is 4.76. The van der Waals surface area contributed by atoms with Crippen LogP contribution in [-0.4, -0.2) is 18.2 Å². The number of hydrogen-bond acceptors (Lipinski definition) is 2. The van der Waals surface area contributed by atoms with E-state index in [2.05, 4.69) is 46.8 Å². The van der Waals surface area contributed by atoms with Crippen LogP contribution in [0, 0.1) is 11.8 Å². The number of anilines is 1. The monoisotopic (exact) mass is 339 g/mol. The Morgan fingerprint density at radius 2 is 1.95 bits per heavy atom. The molecule has 0 radical (unpaired) electrons. The molecule has 1 fully saturated rings. The second-order valence-electron chi connectivity index (χ2n) is 6.30. The molecule has 0 saturated carbocycles. The average molecular weight is 340 g/mol. The van der Waals surface area contributed by atoms with Gasteiger partial charge in [-0.15, -0.1) is 0 Å². The van der Waals surface area contributed by atoms with E-state index in [4.69, 9.17) is 0 Å². The number of nitrogens with zero attached hydrogens (tertiary/aromatic N) is 1. The highest BCUT2D eigenvalue weighted by molar-refractivity contribution is 9.10. The largest absolute Gasteiger partial charge is 0.389 e. The number of halogens is 1. The zero-order chi connectivity index (χ0) is 14.7. The Kier molecular flexibility index (Phi) is 5.50. The zero-order valence-corrected chi connectivity index (χ0v) is 14.4. The molecular formula is C17H26BrNO. The number of hydrogen-bond donors (Lipinski definition) is 1. The summed E-state index contributed by atoms with van der Waals surface area (Å²) < 4.78 is 1.01. The van der Waals surface area contributed by atoms with Crippen molar-refractivity contribution in [3.05, 3.63) is 28.2 Å². The molecule has 2 nitrogen and oxygen atoms in total. The van der Waals surface area contributed by atoms with Gasteiger partial charge in [0.15, 0.2) is 0 Å². The average Bonchev–Trinajstić information content (AvgIpc) is 2.63. The predicted molar refractivity (Wildman–Crippen MR) is 89.2 cm³/mol. The van der Waals surface area contributed by atoms with Gasteiger partial charge in [-0.2, -0.15) is 0 Å². The Morgan fingerprint density at radius 1 is 1.20 bits per heavy atom. The van der Waals surface area contributed by atoms with Crippen LogP contribution in [0.2, 0.25) is 0 Å². The molecule has 1 unspecified atom stereocenters. The first-order valence-electron chi connectivity index (χ1n) is 7.71. The van der Waals surface area contributed by atoms with Gasteiger partial charge >= 0.3 is 0 Å². The first kappa shape index (κ1) is 15.8. The van der Waals surface area contributed by atoms with Gasteiger partial charge in [0, 0.05) is 23.2 Å². The van der Waals surface area contributed by atoms with Crippen molar-refractivity contribution in [1.29, 1.82) is 0 Å². The molecule has 3 heteroatoms. The maximum Gasteiger partial charge on any atom is 0.0772 e. The van der Waals surface area contributed by atoms with Crippen molar-refractivity contribution < 1.29 is 5.11 Å². The molecule has 1 heterocycles. The fourth-order valence-electron chi connectivity index (χ4n) is 3.10. The molecule has 1 aromatic carbocycles. The molecule has 2 rings (SSSR count). The van der Waals surface area contributed by atoms with E-state index >= 15 is 0 Å². The SMILES string of the molecule is CC(C)C1CCCN(c2ccc([C@H](C)O)c(Br)c2)CC1. The molecule has 2 atom stereocenters. The Balaban J connectivity index is 2.10. The number of aliphatic hydroxyl groups excluding tert-OH is 1. The van der Waals surface area contributed by atoms with Gasteiger partial charge in [0.05, 0.1) is 6.10 Å². The van der Waals surface area contributed by atoms with Crippen molar-refractivity contribution in [2.75, 3.05) is 18.0 Å². The summed E-state index contributed by atoms with van der Waals surface area (Å²) in [5.41, 5.74) is 2.23. The normalized spacial score (nSPS) is 21.9. The molecule has 1 aliphatic rings. The Hall–Kier alpha value is -0.540. The molecule has 112 valence electrons. The number of benzene rings is 1. The zero-order valence-electron chi connectivity index (χ0n) is 12.8. The fraction of sp³-hybridized carbons (Fsp3) is 0.647. The van der Waals surface area contributed by atoms with Crippen LogP contribution in [0.4, 0.5) is 5.69 Å². The lowest BCUT2D eigenvalue weighted by Gasteiger charge is -2.24. The third kappa shape index (κ3) is 3.76. The Labute approximate surface area is 131 Å². The van der Waals surface area contributed by atoms with Crippen molar-refractivity contribution in [3.8, 4) is 0 Å². The van der Waals surface area contributed by atoms with Gasteiger partial charge in [0.1, 0.15) is 0 Å². The molecule has 0 aromatic heterocycles. The topological polar surface area (TPSA) is 23.5 Å². The molecule has 1 N–H and O–H groups in total. The van der Waals surface area contributed by atoms with E-state index < -0.39 is 6.10 Å². The van der Waals surface area contributed by atoms with Gasteiger partial charge in [0.25, 0.3) is 0 Å². The summed E-state index contributed by atoms with van der Waals surface area (Å²) in [6, 6.07) is 6.33.